The molecule has 0 unspecified atom stereocenters. The quantitative estimate of drug-likeness (QED) is 0.725. The first-order valence-electron chi connectivity index (χ1n) is 8.30. The second kappa shape index (κ2) is 8.14. The number of nitrogens with zero attached hydrogens (tertiary/aromatic N) is 2. The molecule has 1 fully saturated rings. The van der Waals surface area contributed by atoms with Gasteiger partial charge in [-0.25, -0.2) is 8.42 Å². The highest BCUT2D eigenvalue weighted by Gasteiger charge is 2.32. The molecule has 0 aliphatic carbocycles. The van der Waals surface area contributed by atoms with Crippen LogP contribution < -0.4 is 14.4 Å². The van der Waals surface area contributed by atoms with E-state index in [-0.39, 0.29) is 20.7 Å². The summed E-state index contributed by atoms with van der Waals surface area (Å²) in [6.07, 6.45) is 0. The Kier molecular flexibility index (Phi) is 6.05. The third kappa shape index (κ3) is 3.82. The van der Waals surface area contributed by atoms with Crippen molar-refractivity contribution in [1.29, 1.82) is 0 Å². The summed E-state index contributed by atoms with van der Waals surface area (Å²) in [5, 5.41) is 0.335. The first kappa shape index (κ1) is 20.1. The van der Waals surface area contributed by atoms with Gasteiger partial charge in [0.05, 0.1) is 24.9 Å². The molecular formula is C18H20Cl2N2O4S. The molecule has 0 spiro atoms. The molecular weight excluding hydrogens is 411 g/mol. The van der Waals surface area contributed by atoms with Crippen LogP contribution in [0.5, 0.6) is 11.5 Å². The van der Waals surface area contributed by atoms with E-state index in [0.29, 0.717) is 26.2 Å². The van der Waals surface area contributed by atoms with Crippen LogP contribution in [0.1, 0.15) is 0 Å². The molecule has 1 aliphatic rings. The highest BCUT2D eigenvalue weighted by atomic mass is 35.5. The number of methoxy groups -OCH3 is 2. The van der Waals surface area contributed by atoms with Gasteiger partial charge in [0.2, 0.25) is 10.0 Å². The summed E-state index contributed by atoms with van der Waals surface area (Å²) in [5.74, 6) is 0.830. The van der Waals surface area contributed by atoms with Crippen molar-refractivity contribution in [3.8, 4) is 11.5 Å². The van der Waals surface area contributed by atoms with Gasteiger partial charge in [0, 0.05) is 26.2 Å². The van der Waals surface area contributed by atoms with Gasteiger partial charge in [0.1, 0.15) is 15.7 Å². The maximum atomic E-state index is 13.1. The van der Waals surface area contributed by atoms with E-state index in [1.807, 2.05) is 24.3 Å². The van der Waals surface area contributed by atoms with Crippen LogP contribution in [-0.2, 0) is 10.0 Å². The van der Waals surface area contributed by atoms with Crippen molar-refractivity contribution in [3.63, 3.8) is 0 Å². The summed E-state index contributed by atoms with van der Waals surface area (Å²) in [6, 6.07) is 10.6. The summed E-state index contributed by atoms with van der Waals surface area (Å²) in [6.45, 7) is 1.76. The Labute approximate surface area is 169 Å². The van der Waals surface area contributed by atoms with Gasteiger partial charge in [0.15, 0.2) is 5.75 Å². The van der Waals surface area contributed by atoms with Gasteiger partial charge < -0.3 is 14.4 Å². The Morgan fingerprint density at radius 3 is 2.22 bits per heavy atom. The van der Waals surface area contributed by atoms with Crippen molar-refractivity contribution < 1.29 is 17.9 Å². The van der Waals surface area contributed by atoms with Crippen LogP contribution in [0.2, 0.25) is 10.0 Å². The Balaban J connectivity index is 1.83. The minimum absolute atomic E-state index is 0.0186. The number of benzene rings is 2. The van der Waals surface area contributed by atoms with E-state index in [9.17, 15) is 8.42 Å². The lowest BCUT2D eigenvalue weighted by atomic mass is 10.2. The fraction of sp³-hybridized carbons (Fsp3) is 0.333. The van der Waals surface area contributed by atoms with Gasteiger partial charge in [-0.05, 0) is 24.3 Å². The van der Waals surface area contributed by atoms with Crippen molar-refractivity contribution >= 4 is 38.9 Å². The normalized spacial score (nSPS) is 15.6. The fourth-order valence-corrected chi connectivity index (χ4v) is 5.14. The van der Waals surface area contributed by atoms with E-state index in [0.717, 1.165) is 11.4 Å². The first-order valence-corrected chi connectivity index (χ1v) is 10.5. The lowest BCUT2D eigenvalue weighted by Gasteiger charge is -2.36. The maximum Gasteiger partial charge on any atom is 0.246 e. The topological polar surface area (TPSA) is 59.1 Å². The standard InChI is InChI=1S/C18H20Cl2N2O4S/c1-25-15-6-4-3-5-14(15)21-9-11-22(12-10-21)27(23,24)16-8-7-13(19)17(20)18(16)26-2/h3-8H,9-12H2,1-2H3. The number of para-hydroxylation sites is 2. The molecule has 0 bridgehead atoms. The molecule has 2 aromatic rings. The second-order valence-corrected chi connectivity index (χ2v) is 8.65. The predicted octanol–water partition coefficient (Wildman–Crippen LogP) is 3.52. The van der Waals surface area contributed by atoms with Crippen LogP contribution in [0.25, 0.3) is 0 Å². The van der Waals surface area contributed by atoms with Crippen molar-refractivity contribution in [3.05, 3.63) is 46.4 Å². The monoisotopic (exact) mass is 430 g/mol. The van der Waals surface area contributed by atoms with Crippen LogP contribution in [0.3, 0.4) is 0 Å². The average molecular weight is 431 g/mol. The van der Waals surface area contributed by atoms with Crippen molar-refractivity contribution in [2.45, 2.75) is 4.90 Å². The van der Waals surface area contributed by atoms with E-state index in [1.54, 1.807) is 7.11 Å². The molecule has 0 amide bonds. The van der Waals surface area contributed by atoms with Gasteiger partial charge in [-0.2, -0.15) is 4.31 Å². The summed E-state index contributed by atoms with van der Waals surface area (Å²) >= 11 is 12.1. The SMILES string of the molecule is COc1ccccc1N1CCN(S(=O)(=O)c2ccc(Cl)c(Cl)c2OC)CC1. The predicted molar refractivity (Wildman–Crippen MR) is 107 cm³/mol. The molecule has 3 rings (SSSR count). The minimum atomic E-state index is -3.76. The Morgan fingerprint density at radius 1 is 0.926 bits per heavy atom. The van der Waals surface area contributed by atoms with E-state index in [4.69, 9.17) is 32.7 Å². The van der Waals surface area contributed by atoms with Gasteiger partial charge >= 0.3 is 0 Å². The van der Waals surface area contributed by atoms with Gasteiger partial charge in [-0.3, -0.25) is 0 Å². The van der Waals surface area contributed by atoms with Crippen LogP contribution >= 0.6 is 23.2 Å². The van der Waals surface area contributed by atoms with E-state index in [2.05, 4.69) is 4.90 Å². The van der Waals surface area contributed by atoms with Crippen LogP contribution in [0.15, 0.2) is 41.3 Å². The summed E-state index contributed by atoms with van der Waals surface area (Å²) in [5.41, 5.74) is 0.948. The Morgan fingerprint density at radius 2 is 1.59 bits per heavy atom. The van der Waals surface area contributed by atoms with Gasteiger partial charge in [-0.1, -0.05) is 35.3 Å². The highest BCUT2D eigenvalue weighted by molar-refractivity contribution is 7.89. The lowest BCUT2D eigenvalue weighted by molar-refractivity contribution is 0.370. The number of hydrogen-bond donors (Lipinski definition) is 0. The third-order valence-corrected chi connectivity index (χ3v) is 7.21. The van der Waals surface area contributed by atoms with E-state index in [1.165, 1.54) is 23.5 Å². The molecule has 0 atom stereocenters. The van der Waals surface area contributed by atoms with E-state index >= 15 is 0 Å². The molecule has 6 nitrogen and oxygen atoms in total. The Hall–Kier alpha value is -1.67. The van der Waals surface area contributed by atoms with Crippen molar-refractivity contribution in [2.75, 3.05) is 45.3 Å². The van der Waals surface area contributed by atoms with Crippen LogP contribution in [0, 0.1) is 0 Å². The first-order chi connectivity index (χ1) is 12.9. The highest BCUT2D eigenvalue weighted by Crippen LogP contribution is 2.39. The molecule has 27 heavy (non-hydrogen) atoms. The van der Waals surface area contributed by atoms with Gasteiger partial charge in [0.25, 0.3) is 0 Å². The molecule has 0 radical (unpaired) electrons. The fourth-order valence-electron chi connectivity index (χ4n) is 3.11. The Bertz CT molecular complexity index is 929. The molecule has 0 aromatic heterocycles. The number of anilines is 1. The van der Waals surface area contributed by atoms with Gasteiger partial charge in [-0.15, -0.1) is 0 Å². The molecule has 9 heteroatoms. The molecule has 1 aliphatic heterocycles. The maximum absolute atomic E-state index is 13.1. The minimum Gasteiger partial charge on any atom is -0.495 e. The third-order valence-electron chi connectivity index (χ3n) is 4.50. The van der Waals surface area contributed by atoms with E-state index < -0.39 is 10.0 Å². The smallest absolute Gasteiger partial charge is 0.246 e. The molecule has 1 heterocycles. The van der Waals surface area contributed by atoms with Crippen molar-refractivity contribution in [1.82, 2.24) is 4.31 Å². The van der Waals surface area contributed by atoms with Crippen molar-refractivity contribution in [2.24, 2.45) is 0 Å². The largest absolute Gasteiger partial charge is 0.495 e. The summed E-state index contributed by atoms with van der Waals surface area (Å²) in [7, 11) is -0.766. The molecule has 0 N–H and O–H groups in total. The second-order valence-electron chi connectivity index (χ2n) is 5.96. The zero-order valence-corrected chi connectivity index (χ0v) is 17.3. The summed E-state index contributed by atoms with van der Waals surface area (Å²) < 4.78 is 38.2. The lowest BCUT2D eigenvalue weighted by Crippen LogP contribution is -2.48. The molecule has 0 saturated carbocycles. The number of sulfonamides is 1. The van der Waals surface area contributed by atoms with Crippen LogP contribution in [-0.4, -0.2) is 53.1 Å². The van der Waals surface area contributed by atoms with Crippen LogP contribution in [0.4, 0.5) is 5.69 Å². The molecule has 2 aromatic carbocycles. The number of halogens is 2. The zero-order valence-electron chi connectivity index (χ0n) is 15.0. The summed E-state index contributed by atoms with van der Waals surface area (Å²) in [4.78, 5) is 2.13. The number of piperazine rings is 1. The molecule has 146 valence electrons. The zero-order chi connectivity index (χ0) is 19.6. The molecule has 1 saturated heterocycles. The average Bonchev–Trinajstić information content (AvgIpc) is 2.69. The number of hydrogen-bond acceptors (Lipinski definition) is 5. The number of ether oxygens (including phenoxy) is 2. The number of rotatable bonds is 5.